The van der Waals surface area contributed by atoms with E-state index in [1.807, 2.05) is 18.2 Å². The summed E-state index contributed by atoms with van der Waals surface area (Å²) in [5.74, 6) is 0.318. The molecule has 5 nitrogen and oxygen atoms in total. The van der Waals surface area contributed by atoms with E-state index < -0.39 is 9.84 Å². The van der Waals surface area contributed by atoms with Crippen molar-refractivity contribution in [3.05, 3.63) is 35.4 Å². The van der Waals surface area contributed by atoms with E-state index in [2.05, 4.69) is 5.32 Å². The predicted molar refractivity (Wildman–Crippen MR) is 86.8 cm³/mol. The minimum absolute atomic E-state index is 0.0101. The molecule has 0 radical (unpaired) electrons. The smallest absolute Gasteiger partial charge is 0.220 e. The third-order valence-electron chi connectivity index (χ3n) is 4.08. The Labute approximate surface area is 132 Å². The summed E-state index contributed by atoms with van der Waals surface area (Å²) in [5, 5.41) is 2.89. The molecule has 2 rings (SSSR count). The molecule has 0 saturated heterocycles. The number of nitrogens with one attached hydrogen (secondary N) is 1. The normalized spacial score (nSPS) is 21.7. The number of carbonyl (C=O) groups excluding carboxylic acids is 1. The van der Waals surface area contributed by atoms with Gasteiger partial charge >= 0.3 is 0 Å². The Hall–Kier alpha value is -1.40. The van der Waals surface area contributed by atoms with E-state index in [9.17, 15) is 13.2 Å². The summed E-state index contributed by atoms with van der Waals surface area (Å²) in [6.45, 7) is 0.415. The van der Waals surface area contributed by atoms with Crippen LogP contribution in [0.5, 0.6) is 0 Å². The molecule has 122 valence electrons. The Kier molecular flexibility index (Phi) is 5.58. The van der Waals surface area contributed by atoms with Crippen LogP contribution in [0.3, 0.4) is 0 Å². The first-order valence-electron chi connectivity index (χ1n) is 7.61. The Morgan fingerprint density at radius 1 is 1.32 bits per heavy atom. The maximum atomic E-state index is 12.0. The Balaban J connectivity index is 1.86. The molecule has 1 aromatic rings. The summed E-state index contributed by atoms with van der Waals surface area (Å²) in [7, 11) is -3.05. The summed E-state index contributed by atoms with van der Waals surface area (Å²) < 4.78 is 22.6. The molecule has 0 aliphatic heterocycles. The molecule has 1 aromatic carbocycles. The summed E-state index contributed by atoms with van der Waals surface area (Å²) in [5.41, 5.74) is 7.63. The number of sulfone groups is 1. The molecule has 0 bridgehead atoms. The molecule has 1 aliphatic carbocycles. The van der Waals surface area contributed by atoms with Gasteiger partial charge in [-0.2, -0.15) is 0 Å². The summed E-state index contributed by atoms with van der Waals surface area (Å²) in [4.78, 5) is 12.0. The Bertz CT molecular complexity index is 628. The number of nitrogens with two attached hydrogens (primary N) is 1. The maximum Gasteiger partial charge on any atom is 0.220 e. The van der Waals surface area contributed by atoms with Crippen molar-refractivity contribution in [3.8, 4) is 0 Å². The fraction of sp³-hybridized carbons (Fsp3) is 0.562. The second-order valence-electron chi connectivity index (χ2n) is 6.23. The van der Waals surface area contributed by atoms with Crippen LogP contribution in [0.4, 0.5) is 0 Å². The van der Waals surface area contributed by atoms with E-state index in [1.54, 1.807) is 6.07 Å². The van der Waals surface area contributed by atoms with Gasteiger partial charge in [0.2, 0.25) is 5.91 Å². The number of hydrogen-bond donors (Lipinski definition) is 2. The highest BCUT2D eigenvalue weighted by molar-refractivity contribution is 7.89. The standard InChI is InChI=1S/C16H24N2O3S/c1-22(20,21)11-13-5-2-4-12(8-13)10-18-16(19)9-14-6-3-7-15(14)17/h2,4-5,8,14-15H,3,6-7,9-11,17H2,1H3,(H,18,19)/t14-,15+/m0/s1. The molecule has 1 aliphatic rings. The van der Waals surface area contributed by atoms with E-state index in [1.165, 1.54) is 6.26 Å². The van der Waals surface area contributed by atoms with Gasteiger partial charge < -0.3 is 11.1 Å². The number of carbonyl (C=O) groups is 1. The first-order valence-corrected chi connectivity index (χ1v) is 9.67. The van der Waals surface area contributed by atoms with Crippen molar-refractivity contribution >= 4 is 15.7 Å². The molecule has 0 unspecified atom stereocenters. The first-order chi connectivity index (χ1) is 10.3. The lowest BCUT2D eigenvalue weighted by molar-refractivity contribution is -0.122. The Morgan fingerprint density at radius 3 is 2.68 bits per heavy atom. The third-order valence-corrected chi connectivity index (χ3v) is 4.93. The minimum atomic E-state index is -3.05. The van der Waals surface area contributed by atoms with E-state index >= 15 is 0 Å². The number of amides is 1. The quantitative estimate of drug-likeness (QED) is 0.827. The van der Waals surface area contributed by atoms with Crippen LogP contribution in [0.15, 0.2) is 24.3 Å². The van der Waals surface area contributed by atoms with Crippen molar-refractivity contribution < 1.29 is 13.2 Å². The van der Waals surface area contributed by atoms with Crippen molar-refractivity contribution in [2.24, 2.45) is 11.7 Å². The summed E-state index contributed by atoms with van der Waals surface area (Å²) in [6.07, 6.45) is 4.83. The lowest BCUT2D eigenvalue weighted by Crippen LogP contribution is -2.31. The predicted octanol–water partition coefficient (Wildman–Crippen LogP) is 1.36. The maximum absolute atomic E-state index is 12.0. The van der Waals surface area contributed by atoms with Gasteiger partial charge in [-0.15, -0.1) is 0 Å². The second kappa shape index (κ2) is 7.24. The summed E-state index contributed by atoms with van der Waals surface area (Å²) >= 11 is 0. The summed E-state index contributed by atoms with van der Waals surface area (Å²) in [6, 6.07) is 7.44. The van der Waals surface area contributed by atoms with Crippen LogP contribution < -0.4 is 11.1 Å². The Morgan fingerprint density at radius 2 is 2.05 bits per heavy atom. The lowest BCUT2D eigenvalue weighted by Gasteiger charge is -2.15. The van der Waals surface area contributed by atoms with Crippen LogP contribution in [-0.2, 0) is 26.9 Å². The number of hydrogen-bond acceptors (Lipinski definition) is 4. The largest absolute Gasteiger partial charge is 0.352 e. The average molecular weight is 324 g/mol. The third kappa shape index (κ3) is 5.42. The van der Waals surface area contributed by atoms with Gasteiger partial charge in [-0.25, -0.2) is 8.42 Å². The molecule has 2 atom stereocenters. The minimum Gasteiger partial charge on any atom is -0.352 e. The zero-order valence-corrected chi connectivity index (χ0v) is 13.7. The topological polar surface area (TPSA) is 89.3 Å². The van der Waals surface area contributed by atoms with Crippen LogP contribution in [-0.4, -0.2) is 26.6 Å². The van der Waals surface area contributed by atoms with E-state index in [4.69, 9.17) is 5.73 Å². The molecule has 1 amide bonds. The van der Waals surface area contributed by atoms with E-state index in [0.717, 1.165) is 30.4 Å². The monoisotopic (exact) mass is 324 g/mol. The van der Waals surface area contributed by atoms with Crippen LogP contribution in [0.2, 0.25) is 0 Å². The van der Waals surface area contributed by atoms with Crippen molar-refractivity contribution in [2.45, 2.75) is 44.0 Å². The van der Waals surface area contributed by atoms with Gasteiger partial charge in [0.1, 0.15) is 0 Å². The van der Waals surface area contributed by atoms with Crippen molar-refractivity contribution in [2.75, 3.05) is 6.26 Å². The van der Waals surface area contributed by atoms with E-state index in [0.29, 0.717) is 13.0 Å². The molecule has 3 N–H and O–H groups in total. The SMILES string of the molecule is CS(=O)(=O)Cc1cccc(CNC(=O)C[C@@H]2CCC[C@H]2N)c1. The van der Waals surface area contributed by atoms with Crippen LogP contribution >= 0.6 is 0 Å². The highest BCUT2D eigenvalue weighted by Crippen LogP contribution is 2.26. The highest BCUT2D eigenvalue weighted by atomic mass is 32.2. The second-order valence-corrected chi connectivity index (χ2v) is 8.37. The molecular weight excluding hydrogens is 300 g/mol. The zero-order valence-electron chi connectivity index (χ0n) is 12.9. The van der Waals surface area contributed by atoms with Gasteiger partial charge in [0.25, 0.3) is 0 Å². The molecular formula is C16H24N2O3S. The average Bonchev–Trinajstić information content (AvgIpc) is 2.80. The van der Waals surface area contributed by atoms with Crippen LogP contribution in [0, 0.1) is 5.92 Å². The molecule has 22 heavy (non-hydrogen) atoms. The van der Waals surface area contributed by atoms with Gasteiger partial charge in [-0.1, -0.05) is 30.7 Å². The number of rotatable bonds is 6. The van der Waals surface area contributed by atoms with Crippen molar-refractivity contribution in [1.29, 1.82) is 0 Å². The molecule has 1 saturated carbocycles. The van der Waals surface area contributed by atoms with Crippen molar-refractivity contribution in [3.63, 3.8) is 0 Å². The fourth-order valence-corrected chi connectivity index (χ4v) is 3.75. The van der Waals surface area contributed by atoms with Gasteiger partial charge in [0.05, 0.1) is 5.75 Å². The molecule has 6 heteroatoms. The number of benzene rings is 1. The lowest BCUT2D eigenvalue weighted by atomic mass is 10.00. The van der Waals surface area contributed by atoms with Crippen LogP contribution in [0.25, 0.3) is 0 Å². The van der Waals surface area contributed by atoms with Crippen molar-refractivity contribution in [1.82, 2.24) is 5.32 Å². The highest BCUT2D eigenvalue weighted by Gasteiger charge is 2.25. The molecule has 0 heterocycles. The van der Waals surface area contributed by atoms with E-state index in [-0.39, 0.29) is 23.6 Å². The molecule has 0 aromatic heterocycles. The van der Waals surface area contributed by atoms with Gasteiger partial charge in [0.15, 0.2) is 9.84 Å². The first kappa shape index (κ1) is 17.0. The van der Waals surface area contributed by atoms with Gasteiger partial charge in [-0.3, -0.25) is 4.79 Å². The zero-order chi connectivity index (χ0) is 16.2. The fourth-order valence-electron chi connectivity index (χ4n) is 2.96. The van der Waals surface area contributed by atoms with Gasteiger partial charge in [-0.05, 0) is 29.9 Å². The van der Waals surface area contributed by atoms with Crippen LogP contribution in [0.1, 0.15) is 36.8 Å². The molecule has 0 spiro atoms. The molecule has 1 fully saturated rings. The van der Waals surface area contributed by atoms with Gasteiger partial charge in [0, 0.05) is 25.3 Å².